The van der Waals surface area contributed by atoms with Gasteiger partial charge >= 0.3 is 0 Å². The van der Waals surface area contributed by atoms with Gasteiger partial charge in [0.2, 0.25) is 0 Å². The number of hydrogen-bond donors (Lipinski definition) is 0. The standard InChI is InChI=1S/C10H21NO/c1-8(2)12-7-10-5-9(3)6-11(10)4/h8-10H,5-7H2,1-4H3/t9-,10-/m1/s1. The highest BCUT2D eigenvalue weighted by molar-refractivity contribution is 4.80. The molecule has 72 valence electrons. The number of ether oxygens (including phenoxy) is 1. The van der Waals surface area contributed by atoms with E-state index in [0.717, 1.165) is 12.5 Å². The molecule has 2 nitrogen and oxygen atoms in total. The Morgan fingerprint density at radius 1 is 1.50 bits per heavy atom. The second-order valence-electron chi connectivity index (χ2n) is 4.32. The molecular weight excluding hydrogens is 150 g/mol. The molecule has 1 heterocycles. The van der Waals surface area contributed by atoms with Crippen molar-refractivity contribution in [2.45, 2.75) is 39.3 Å². The van der Waals surface area contributed by atoms with Gasteiger partial charge in [0.15, 0.2) is 0 Å². The molecule has 0 bridgehead atoms. The third-order valence-corrected chi connectivity index (χ3v) is 2.52. The van der Waals surface area contributed by atoms with E-state index in [2.05, 4.69) is 32.7 Å². The first-order valence-corrected chi connectivity index (χ1v) is 4.91. The van der Waals surface area contributed by atoms with Crippen LogP contribution >= 0.6 is 0 Å². The maximum Gasteiger partial charge on any atom is 0.0625 e. The molecule has 0 amide bonds. The minimum atomic E-state index is 0.370. The minimum Gasteiger partial charge on any atom is -0.377 e. The van der Waals surface area contributed by atoms with Crippen LogP contribution in [-0.4, -0.2) is 37.2 Å². The highest BCUT2D eigenvalue weighted by atomic mass is 16.5. The third kappa shape index (κ3) is 2.76. The van der Waals surface area contributed by atoms with Crippen LogP contribution in [0.1, 0.15) is 27.2 Å². The third-order valence-electron chi connectivity index (χ3n) is 2.52. The van der Waals surface area contributed by atoms with Crippen molar-refractivity contribution in [2.24, 2.45) is 5.92 Å². The summed E-state index contributed by atoms with van der Waals surface area (Å²) >= 11 is 0. The zero-order valence-corrected chi connectivity index (χ0v) is 8.71. The highest BCUT2D eigenvalue weighted by Gasteiger charge is 2.26. The van der Waals surface area contributed by atoms with Crippen molar-refractivity contribution in [1.82, 2.24) is 4.90 Å². The predicted molar refractivity (Wildman–Crippen MR) is 51.3 cm³/mol. The lowest BCUT2D eigenvalue weighted by atomic mass is 10.1. The van der Waals surface area contributed by atoms with Crippen LogP contribution < -0.4 is 0 Å². The second-order valence-corrected chi connectivity index (χ2v) is 4.32. The number of nitrogens with zero attached hydrogens (tertiary/aromatic N) is 1. The summed E-state index contributed by atoms with van der Waals surface area (Å²) in [5.74, 6) is 0.843. The smallest absolute Gasteiger partial charge is 0.0625 e. The van der Waals surface area contributed by atoms with Crippen molar-refractivity contribution in [3.05, 3.63) is 0 Å². The molecule has 0 radical (unpaired) electrons. The molecule has 1 aliphatic heterocycles. The summed E-state index contributed by atoms with van der Waals surface area (Å²) in [5.41, 5.74) is 0. The van der Waals surface area contributed by atoms with Crippen molar-refractivity contribution in [3.63, 3.8) is 0 Å². The first kappa shape index (κ1) is 10.0. The summed E-state index contributed by atoms with van der Waals surface area (Å²) in [4.78, 5) is 2.41. The van der Waals surface area contributed by atoms with Crippen molar-refractivity contribution in [2.75, 3.05) is 20.2 Å². The molecule has 2 heteroatoms. The first-order chi connectivity index (χ1) is 5.59. The van der Waals surface area contributed by atoms with Crippen LogP contribution in [0.2, 0.25) is 0 Å². The Bertz CT molecular complexity index is 136. The Balaban J connectivity index is 2.23. The van der Waals surface area contributed by atoms with Crippen LogP contribution in [0.5, 0.6) is 0 Å². The van der Waals surface area contributed by atoms with E-state index >= 15 is 0 Å². The SMILES string of the molecule is CC(C)OC[C@H]1C[C@@H](C)CN1C. The van der Waals surface area contributed by atoms with E-state index in [1.165, 1.54) is 13.0 Å². The highest BCUT2D eigenvalue weighted by Crippen LogP contribution is 2.21. The van der Waals surface area contributed by atoms with Crippen molar-refractivity contribution >= 4 is 0 Å². The topological polar surface area (TPSA) is 12.5 Å². The van der Waals surface area contributed by atoms with Crippen LogP contribution in [0.3, 0.4) is 0 Å². The molecule has 0 spiro atoms. The normalized spacial score (nSPS) is 31.8. The largest absolute Gasteiger partial charge is 0.377 e. The van der Waals surface area contributed by atoms with Gasteiger partial charge in [-0.05, 0) is 33.2 Å². The van der Waals surface area contributed by atoms with Crippen LogP contribution in [-0.2, 0) is 4.74 Å². The predicted octanol–water partition coefficient (Wildman–Crippen LogP) is 1.75. The number of rotatable bonds is 3. The molecule has 0 aromatic heterocycles. The van der Waals surface area contributed by atoms with Crippen molar-refractivity contribution in [1.29, 1.82) is 0 Å². The van der Waals surface area contributed by atoms with Crippen LogP contribution in [0.25, 0.3) is 0 Å². The minimum absolute atomic E-state index is 0.370. The summed E-state index contributed by atoms with van der Waals surface area (Å²) in [6.45, 7) is 8.63. The summed E-state index contributed by atoms with van der Waals surface area (Å²) in [6.07, 6.45) is 1.66. The summed E-state index contributed by atoms with van der Waals surface area (Å²) < 4.78 is 5.60. The van der Waals surface area contributed by atoms with Gasteiger partial charge in [0, 0.05) is 12.6 Å². The molecule has 0 saturated carbocycles. The molecule has 2 atom stereocenters. The average Bonchev–Trinajstić information content (AvgIpc) is 2.26. The monoisotopic (exact) mass is 171 g/mol. The van der Waals surface area contributed by atoms with Gasteiger partial charge in [0.1, 0.15) is 0 Å². The fourth-order valence-electron chi connectivity index (χ4n) is 1.86. The number of likely N-dealkylation sites (N-methyl/N-ethyl adjacent to an activating group) is 1. The van der Waals surface area contributed by atoms with Crippen LogP contribution in [0, 0.1) is 5.92 Å². The summed E-state index contributed by atoms with van der Waals surface area (Å²) in [5, 5.41) is 0. The van der Waals surface area contributed by atoms with Crippen LogP contribution in [0.15, 0.2) is 0 Å². The molecule has 1 saturated heterocycles. The molecule has 0 N–H and O–H groups in total. The number of likely N-dealkylation sites (tertiary alicyclic amines) is 1. The van der Waals surface area contributed by atoms with Gasteiger partial charge in [-0.2, -0.15) is 0 Å². The lowest BCUT2D eigenvalue weighted by molar-refractivity contribution is 0.0431. The van der Waals surface area contributed by atoms with Gasteiger partial charge in [0.05, 0.1) is 12.7 Å². The van der Waals surface area contributed by atoms with Gasteiger partial charge in [-0.25, -0.2) is 0 Å². The van der Waals surface area contributed by atoms with Gasteiger partial charge in [-0.15, -0.1) is 0 Å². The molecule has 0 unspecified atom stereocenters. The van der Waals surface area contributed by atoms with Crippen molar-refractivity contribution < 1.29 is 4.74 Å². The van der Waals surface area contributed by atoms with E-state index < -0.39 is 0 Å². The molecule has 0 aliphatic carbocycles. The van der Waals surface area contributed by atoms with Gasteiger partial charge in [0.25, 0.3) is 0 Å². The molecule has 12 heavy (non-hydrogen) atoms. The Kier molecular flexibility index (Phi) is 3.53. The molecule has 0 aromatic carbocycles. The summed E-state index contributed by atoms with van der Waals surface area (Å²) in [6, 6.07) is 0.655. The molecular formula is C10H21NO. The Morgan fingerprint density at radius 2 is 2.17 bits per heavy atom. The maximum atomic E-state index is 5.60. The lowest BCUT2D eigenvalue weighted by Gasteiger charge is -2.20. The fraction of sp³-hybridized carbons (Fsp3) is 1.00. The van der Waals surface area contributed by atoms with Crippen LogP contribution in [0.4, 0.5) is 0 Å². The van der Waals surface area contributed by atoms with Gasteiger partial charge in [-0.1, -0.05) is 6.92 Å². The van der Waals surface area contributed by atoms with E-state index in [9.17, 15) is 0 Å². The lowest BCUT2D eigenvalue weighted by Crippen LogP contribution is -2.30. The first-order valence-electron chi connectivity index (χ1n) is 4.91. The fourth-order valence-corrected chi connectivity index (χ4v) is 1.86. The average molecular weight is 171 g/mol. The molecule has 1 rings (SSSR count). The van der Waals surface area contributed by atoms with E-state index in [0.29, 0.717) is 12.1 Å². The number of hydrogen-bond acceptors (Lipinski definition) is 2. The Labute approximate surface area is 75.9 Å². The molecule has 1 aliphatic rings. The maximum absolute atomic E-state index is 5.60. The van der Waals surface area contributed by atoms with Crippen molar-refractivity contribution in [3.8, 4) is 0 Å². The molecule has 0 aromatic rings. The summed E-state index contributed by atoms with van der Waals surface area (Å²) in [7, 11) is 2.19. The second kappa shape index (κ2) is 4.24. The van der Waals surface area contributed by atoms with E-state index in [4.69, 9.17) is 4.74 Å². The zero-order valence-electron chi connectivity index (χ0n) is 8.71. The van der Waals surface area contributed by atoms with E-state index in [1.807, 2.05) is 0 Å². The quantitative estimate of drug-likeness (QED) is 0.641. The van der Waals surface area contributed by atoms with E-state index in [1.54, 1.807) is 0 Å². The van der Waals surface area contributed by atoms with Gasteiger partial charge < -0.3 is 9.64 Å². The zero-order chi connectivity index (χ0) is 9.14. The van der Waals surface area contributed by atoms with Gasteiger partial charge in [-0.3, -0.25) is 0 Å². The molecule has 1 fully saturated rings. The Morgan fingerprint density at radius 3 is 2.58 bits per heavy atom. The van der Waals surface area contributed by atoms with E-state index in [-0.39, 0.29) is 0 Å². The Hall–Kier alpha value is -0.0800.